The maximum Gasteiger partial charge on any atom is 0.335 e. The molecule has 118 valence electrons. The highest BCUT2D eigenvalue weighted by Gasteiger charge is 2.04. The minimum Gasteiger partial charge on any atom is -0.478 e. The minimum atomic E-state index is -0.989. The Morgan fingerprint density at radius 1 is 0.957 bits per heavy atom. The summed E-state index contributed by atoms with van der Waals surface area (Å²) in [7, 11) is 0. The predicted molar refractivity (Wildman–Crippen MR) is 90.0 cm³/mol. The highest BCUT2D eigenvalue weighted by Crippen LogP contribution is 2.14. The molecule has 0 aliphatic heterocycles. The van der Waals surface area contributed by atoms with Crippen molar-refractivity contribution in [2.45, 2.75) is 13.8 Å². The molecule has 0 saturated heterocycles. The fraction of sp³-hybridized carbons (Fsp3) is 0.118. The number of aromatic carboxylic acids is 1. The van der Waals surface area contributed by atoms with E-state index < -0.39 is 5.97 Å². The van der Waals surface area contributed by atoms with Crippen LogP contribution in [0, 0.1) is 0 Å². The van der Waals surface area contributed by atoms with Crippen LogP contribution in [0.3, 0.4) is 0 Å². The van der Waals surface area contributed by atoms with E-state index in [9.17, 15) is 9.59 Å². The first kappa shape index (κ1) is 16.2. The van der Waals surface area contributed by atoms with Crippen LogP contribution in [0.2, 0.25) is 0 Å². The molecule has 0 radical (unpaired) electrons. The van der Waals surface area contributed by atoms with Crippen molar-refractivity contribution in [2.24, 2.45) is 5.10 Å². The second kappa shape index (κ2) is 7.22. The number of nitrogens with zero attached hydrogens (tertiary/aromatic N) is 1. The van der Waals surface area contributed by atoms with Gasteiger partial charge in [0, 0.05) is 12.6 Å². The van der Waals surface area contributed by atoms with Crippen LogP contribution < -0.4 is 10.7 Å². The molecule has 1 amide bonds. The Balaban J connectivity index is 2.15. The lowest BCUT2D eigenvalue weighted by Crippen LogP contribution is -2.07. The van der Waals surface area contributed by atoms with Crippen LogP contribution >= 0.6 is 0 Å². The number of carboxylic acid groups (broad SMARTS) is 1. The molecule has 3 N–H and O–H groups in total. The van der Waals surface area contributed by atoms with E-state index in [-0.39, 0.29) is 11.5 Å². The van der Waals surface area contributed by atoms with Crippen LogP contribution in [0.5, 0.6) is 0 Å². The lowest BCUT2D eigenvalue weighted by Gasteiger charge is -2.07. The van der Waals surface area contributed by atoms with Crippen molar-refractivity contribution in [3.8, 4) is 0 Å². The minimum absolute atomic E-state index is 0.139. The summed E-state index contributed by atoms with van der Waals surface area (Å²) in [5.41, 5.74) is 5.86. The topological polar surface area (TPSA) is 90.8 Å². The van der Waals surface area contributed by atoms with Gasteiger partial charge in [-0.3, -0.25) is 10.2 Å². The zero-order chi connectivity index (χ0) is 16.8. The van der Waals surface area contributed by atoms with Crippen molar-refractivity contribution in [1.82, 2.24) is 0 Å². The summed E-state index contributed by atoms with van der Waals surface area (Å²) < 4.78 is 0. The fourth-order valence-electron chi connectivity index (χ4n) is 1.96. The molecule has 0 spiro atoms. The molecule has 6 heteroatoms. The summed E-state index contributed by atoms with van der Waals surface area (Å²) in [6, 6.07) is 13.7. The second-order valence-corrected chi connectivity index (χ2v) is 4.96. The van der Waals surface area contributed by atoms with Gasteiger partial charge < -0.3 is 10.4 Å². The lowest BCUT2D eigenvalue weighted by molar-refractivity contribution is -0.114. The first-order valence-electron chi connectivity index (χ1n) is 6.97. The Bertz CT molecular complexity index is 769. The van der Waals surface area contributed by atoms with Gasteiger partial charge in [0.15, 0.2) is 0 Å². The number of amides is 1. The van der Waals surface area contributed by atoms with E-state index in [1.807, 2.05) is 25.1 Å². The average molecular weight is 311 g/mol. The van der Waals surface area contributed by atoms with E-state index in [1.165, 1.54) is 19.1 Å². The Hall–Kier alpha value is -3.15. The number of hydrazone groups is 1. The Morgan fingerprint density at radius 3 is 2.22 bits per heavy atom. The van der Waals surface area contributed by atoms with Gasteiger partial charge in [0.25, 0.3) is 0 Å². The Kier molecular flexibility index (Phi) is 5.09. The van der Waals surface area contributed by atoms with Crippen LogP contribution in [0.1, 0.15) is 29.8 Å². The first-order chi connectivity index (χ1) is 11.0. The summed E-state index contributed by atoms with van der Waals surface area (Å²) in [4.78, 5) is 22.0. The maximum atomic E-state index is 11.1. The first-order valence-corrected chi connectivity index (χ1v) is 6.97. The predicted octanol–water partition coefficient (Wildman–Crippen LogP) is 3.18. The molecule has 0 fully saturated rings. The molecule has 23 heavy (non-hydrogen) atoms. The van der Waals surface area contributed by atoms with Gasteiger partial charge in [-0.15, -0.1) is 0 Å². The maximum absolute atomic E-state index is 11.1. The van der Waals surface area contributed by atoms with Gasteiger partial charge in [-0.1, -0.05) is 18.2 Å². The van der Waals surface area contributed by atoms with Crippen molar-refractivity contribution in [3.05, 3.63) is 59.7 Å². The van der Waals surface area contributed by atoms with Crippen LogP contribution in [0.25, 0.3) is 0 Å². The smallest absolute Gasteiger partial charge is 0.335 e. The number of carbonyl (C=O) groups is 2. The van der Waals surface area contributed by atoms with Gasteiger partial charge in [-0.05, 0) is 42.8 Å². The third-order valence-electron chi connectivity index (χ3n) is 3.06. The van der Waals surface area contributed by atoms with E-state index in [1.54, 1.807) is 18.2 Å². The molecule has 2 aromatic carbocycles. The number of carboxylic acids is 1. The normalized spacial score (nSPS) is 11.0. The molecule has 0 aromatic heterocycles. The fourth-order valence-corrected chi connectivity index (χ4v) is 1.96. The number of rotatable bonds is 5. The Labute approximate surface area is 133 Å². The van der Waals surface area contributed by atoms with E-state index in [0.29, 0.717) is 17.1 Å². The molecule has 0 saturated carbocycles. The summed E-state index contributed by atoms with van der Waals surface area (Å²) in [6.07, 6.45) is 0. The molecular formula is C17H17N3O3. The molecule has 2 rings (SSSR count). The number of carbonyl (C=O) groups excluding carboxylic acids is 1. The standard InChI is InChI=1S/C17H17N3O3/c1-11(13-5-3-7-15(9-13)18-12(2)21)19-20-16-8-4-6-14(10-16)17(22)23/h3-10,20H,1-2H3,(H,18,21)(H,22,23)/b19-11-. The summed E-state index contributed by atoms with van der Waals surface area (Å²) in [5, 5.41) is 15.9. The Morgan fingerprint density at radius 2 is 1.57 bits per heavy atom. The van der Waals surface area contributed by atoms with Gasteiger partial charge in [-0.25, -0.2) is 4.79 Å². The highest BCUT2D eigenvalue weighted by atomic mass is 16.4. The van der Waals surface area contributed by atoms with Gasteiger partial charge in [0.1, 0.15) is 0 Å². The van der Waals surface area contributed by atoms with Crippen molar-refractivity contribution < 1.29 is 14.7 Å². The molecule has 0 aliphatic carbocycles. The molecule has 0 aliphatic rings. The van der Waals surface area contributed by atoms with Crippen molar-refractivity contribution in [2.75, 3.05) is 10.7 Å². The monoisotopic (exact) mass is 311 g/mol. The molecule has 0 atom stereocenters. The molecule has 0 heterocycles. The second-order valence-electron chi connectivity index (χ2n) is 4.96. The number of hydrogen-bond acceptors (Lipinski definition) is 4. The van der Waals surface area contributed by atoms with E-state index in [2.05, 4.69) is 15.8 Å². The molecular weight excluding hydrogens is 294 g/mol. The van der Waals surface area contributed by atoms with Crippen molar-refractivity contribution >= 4 is 29.0 Å². The average Bonchev–Trinajstić information content (AvgIpc) is 2.52. The quantitative estimate of drug-likeness (QED) is 0.584. The summed E-state index contributed by atoms with van der Waals surface area (Å²) in [6.45, 7) is 3.27. The van der Waals surface area contributed by atoms with Gasteiger partial charge in [0.05, 0.1) is 17.0 Å². The highest BCUT2D eigenvalue weighted by molar-refractivity contribution is 6.00. The van der Waals surface area contributed by atoms with Crippen molar-refractivity contribution in [1.29, 1.82) is 0 Å². The van der Waals surface area contributed by atoms with E-state index in [4.69, 9.17) is 5.11 Å². The summed E-state index contributed by atoms with van der Waals surface area (Å²) >= 11 is 0. The van der Waals surface area contributed by atoms with Gasteiger partial charge in [0.2, 0.25) is 5.91 Å². The van der Waals surface area contributed by atoms with Gasteiger partial charge in [-0.2, -0.15) is 5.10 Å². The number of hydrogen-bond donors (Lipinski definition) is 3. The SMILES string of the molecule is CC(=O)Nc1cccc(/C(C)=N\Nc2cccc(C(=O)O)c2)c1. The van der Waals surface area contributed by atoms with E-state index in [0.717, 1.165) is 5.56 Å². The van der Waals surface area contributed by atoms with Crippen molar-refractivity contribution in [3.63, 3.8) is 0 Å². The van der Waals surface area contributed by atoms with Crippen LogP contribution in [0.15, 0.2) is 53.6 Å². The van der Waals surface area contributed by atoms with Crippen LogP contribution in [0.4, 0.5) is 11.4 Å². The van der Waals surface area contributed by atoms with Crippen LogP contribution in [-0.4, -0.2) is 22.7 Å². The molecule has 0 unspecified atom stereocenters. The van der Waals surface area contributed by atoms with E-state index >= 15 is 0 Å². The molecule has 0 bridgehead atoms. The number of anilines is 2. The van der Waals surface area contributed by atoms with Gasteiger partial charge >= 0.3 is 5.97 Å². The zero-order valence-corrected chi connectivity index (χ0v) is 12.8. The third-order valence-corrected chi connectivity index (χ3v) is 3.06. The number of benzene rings is 2. The van der Waals surface area contributed by atoms with Crippen LogP contribution in [-0.2, 0) is 4.79 Å². The zero-order valence-electron chi connectivity index (χ0n) is 12.8. The molecule has 6 nitrogen and oxygen atoms in total. The lowest BCUT2D eigenvalue weighted by atomic mass is 10.1. The molecule has 2 aromatic rings. The largest absolute Gasteiger partial charge is 0.478 e. The summed E-state index contributed by atoms with van der Waals surface area (Å²) in [5.74, 6) is -1.13. The third kappa shape index (κ3) is 4.67. The number of nitrogens with one attached hydrogen (secondary N) is 2.